The number of carbonyl (C=O) groups excluding carboxylic acids is 4. The Morgan fingerprint density at radius 1 is 0.633 bits per heavy atom. The highest BCUT2D eigenvalue weighted by atomic mass is 35.5. The predicted octanol–water partition coefficient (Wildman–Crippen LogP) is 4.71. The summed E-state index contributed by atoms with van der Waals surface area (Å²) < 4.78 is 0. The summed E-state index contributed by atoms with van der Waals surface area (Å²) in [6.07, 6.45) is 0.0633. The van der Waals surface area contributed by atoms with Crippen LogP contribution in [0.4, 0.5) is 5.69 Å². The van der Waals surface area contributed by atoms with E-state index < -0.39 is 26.9 Å². The van der Waals surface area contributed by atoms with Crippen molar-refractivity contribution in [1.82, 2.24) is 0 Å². The van der Waals surface area contributed by atoms with Crippen LogP contribution in [-0.2, 0) is 9.59 Å². The summed E-state index contributed by atoms with van der Waals surface area (Å²) in [5.41, 5.74) is 6.86. The number of nitrogen functional groups attached to an aromatic ring is 1. The number of halogens is 4. The Kier molecular flexibility index (Phi) is 13.3. The molecule has 0 amide bonds. The third kappa shape index (κ3) is 12.9. The Balaban J connectivity index is 0.000000431. The molecule has 0 aliphatic heterocycles. The van der Waals surface area contributed by atoms with Gasteiger partial charge in [-0.25, -0.2) is 4.79 Å². The highest BCUT2D eigenvalue weighted by Gasteiger charge is 2.04. The largest absolute Gasteiger partial charge is 0.478 e. The van der Waals surface area contributed by atoms with E-state index in [1.54, 1.807) is 12.1 Å². The molecule has 7 nitrogen and oxygen atoms in total. The van der Waals surface area contributed by atoms with E-state index in [-0.39, 0.29) is 18.4 Å². The van der Waals surface area contributed by atoms with E-state index in [4.69, 9.17) is 57.2 Å². The highest BCUT2D eigenvalue weighted by molar-refractivity contribution is 6.68. The Hall–Kier alpha value is -2.45. The van der Waals surface area contributed by atoms with E-state index in [1.165, 1.54) is 36.4 Å². The summed E-state index contributed by atoms with van der Waals surface area (Å²) in [4.78, 5) is 51.2. The van der Waals surface area contributed by atoms with Crippen LogP contribution in [0.15, 0.2) is 48.5 Å². The van der Waals surface area contributed by atoms with E-state index in [0.717, 1.165) is 0 Å². The molecule has 0 saturated heterocycles. The molecule has 160 valence electrons. The number of carboxylic acids is 1. The first-order valence-electron chi connectivity index (χ1n) is 7.89. The molecule has 0 unspecified atom stereocenters. The minimum Gasteiger partial charge on any atom is -0.478 e. The summed E-state index contributed by atoms with van der Waals surface area (Å²) in [5, 5.41) is 6.27. The van der Waals surface area contributed by atoms with Gasteiger partial charge in [0.1, 0.15) is 0 Å². The number of hydrogen-bond acceptors (Lipinski definition) is 6. The van der Waals surface area contributed by atoms with E-state index >= 15 is 0 Å². The lowest BCUT2D eigenvalue weighted by Crippen LogP contribution is -1.95. The predicted molar refractivity (Wildman–Crippen MR) is 116 cm³/mol. The molecule has 3 N–H and O–H groups in total. The van der Waals surface area contributed by atoms with Crippen LogP contribution in [0.1, 0.15) is 43.9 Å². The number of anilines is 1. The van der Waals surface area contributed by atoms with Gasteiger partial charge in [0.2, 0.25) is 10.5 Å². The number of benzene rings is 2. The zero-order valence-electron chi connectivity index (χ0n) is 15.1. The summed E-state index contributed by atoms with van der Waals surface area (Å²) in [7, 11) is 0. The number of rotatable bonds is 6. The summed E-state index contributed by atoms with van der Waals surface area (Å²) in [6, 6.07) is 11.9. The fourth-order valence-electron chi connectivity index (χ4n) is 1.55. The topological polar surface area (TPSA) is 132 Å². The fraction of sp³-hybridized carbons (Fsp3) is 0.105. The number of hydrogen-bond donors (Lipinski definition) is 2. The first kappa shape index (κ1) is 27.5. The Morgan fingerprint density at radius 2 is 0.933 bits per heavy atom. The molecule has 0 radical (unpaired) electrons. The van der Waals surface area contributed by atoms with Crippen LogP contribution in [0.5, 0.6) is 0 Å². The minimum atomic E-state index is -0.931. The lowest BCUT2D eigenvalue weighted by Gasteiger charge is -1.94. The van der Waals surface area contributed by atoms with Crippen molar-refractivity contribution >= 4 is 79.0 Å². The fourth-order valence-corrected chi connectivity index (χ4v) is 2.00. The van der Waals surface area contributed by atoms with Crippen LogP contribution in [0.3, 0.4) is 0 Å². The van der Waals surface area contributed by atoms with Crippen molar-refractivity contribution in [2.45, 2.75) is 12.8 Å². The van der Waals surface area contributed by atoms with Crippen LogP contribution in [0.25, 0.3) is 0 Å². The van der Waals surface area contributed by atoms with Gasteiger partial charge >= 0.3 is 5.97 Å². The van der Waals surface area contributed by atoms with Gasteiger partial charge in [-0.3, -0.25) is 19.2 Å². The molecule has 0 bridgehead atoms. The van der Waals surface area contributed by atoms with Crippen molar-refractivity contribution in [2.24, 2.45) is 0 Å². The Labute approximate surface area is 191 Å². The maximum absolute atomic E-state index is 10.6. The van der Waals surface area contributed by atoms with Gasteiger partial charge in [-0.2, -0.15) is 0 Å². The molecular formula is C19H15Cl4NO6. The van der Waals surface area contributed by atoms with E-state index in [2.05, 4.69) is 0 Å². The molecule has 0 aromatic heterocycles. The molecule has 2 aromatic carbocycles. The SMILES string of the molecule is Nc1ccc(C(=O)O)cc1.O=C(Cl)CCC(=O)Cl.O=C(Cl)c1ccc(C(=O)Cl)cc1. The van der Waals surface area contributed by atoms with Crippen LogP contribution >= 0.6 is 46.4 Å². The van der Waals surface area contributed by atoms with Crippen molar-refractivity contribution in [3.05, 3.63) is 65.2 Å². The zero-order chi connectivity index (χ0) is 23.3. The first-order valence-corrected chi connectivity index (χ1v) is 9.40. The molecule has 11 heteroatoms. The summed E-state index contributed by atoms with van der Waals surface area (Å²) in [5.74, 6) is -0.931. The van der Waals surface area contributed by atoms with Crippen molar-refractivity contribution in [3.63, 3.8) is 0 Å². The van der Waals surface area contributed by atoms with E-state index in [0.29, 0.717) is 16.8 Å². The van der Waals surface area contributed by atoms with Crippen LogP contribution in [0, 0.1) is 0 Å². The molecule has 2 aromatic rings. The number of carboxylic acid groups (broad SMARTS) is 1. The third-order valence-electron chi connectivity index (χ3n) is 3.01. The molecule has 0 atom stereocenters. The van der Waals surface area contributed by atoms with Gasteiger partial charge in [-0.15, -0.1) is 0 Å². The molecule has 0 spiro atoms. The van der Waals surface area contributed by atoms with Gasteiger partial charge < -0.3 is 10.8 Å². The van der Waals surface area contributed by atoms with E-state index in [1.807, 2.05) is 0 Å². The summed E-state index contributed by atoms with van der Waals surface area (Å²) >= 11 is 20.1. The maximum Gasteiger partial charge on any atom is 0.335 e. The second-order valence-corrected chi connectivity index (χ2v) is 6.79. The molecule has 2 rings (SSSR count). The highest BCUT2D eigenvalue weighted by Crippen LogP contribution is 2.09. The van der Waals surface area contributed by atoms with Crippen molar-refractivity contribution < 1.29 is 29.1 Å². The Bertz CT molecular complexity index is 851. The smallest absolute Gasteiger partial charge is 0.335 e. The lowest BCUT2D eigenvalue weighted by atomic mass is 10.2. The first-order chi connectivity index (χ1) is 13.9. The van der Waals surface area contributed by atoms with Crippen LogP contribution in [0.2, 0.25) is 0 Å². The lowest BCUT2D eigenvalue weighted by molar-refractivity contribution is -0.116. The molecule has 0 aliphatic rings. The average Bonchev–Trinajstić information content (AvgIpc) is 2.67. The molecule has 30 heavy (non-hydrogen) atoms. The van der Waals surface area contributed by atoms with Crippen molar-refractivity contribution in [2.75, 3.05) is 5.73 Å². The molecule has 0 saturated carbocycles. The number of aromatic carboxylic acids is 1. The minimum absolute atomic E-state index is 0.0316. The number of carbonyl (C=O) groups is 5. The number of nitrogens with two attached hydrogens (primary N) is 1. The van der Waals surface area contributed by atoms with Crippen LogP contribution in [-0.4, -0.2) is 32.0 Å². The molecule has 0 aliphatic carbocycles. The van der Waals surface area contributed by atoms with Gasteiger partial charge in [0, 0.05) is 29.7 Å². The molecule has 0 heterocycles. The zero-order valence-corrected chi connectivity index (χ0v) is 18.1. The van der Waals surface area contributed by atoms with Gasteiger partial charge in [-0.1, -0.05) is 0 Å². The summed E-state index contributed by atoms with van der Waals surface area (Å²) in [6.45, 7) is 0. The normalized spacial score (nSPS) is 9.20. The molecule has 0 fully saturated rings. The van der Waals surface area contributed by atoms with Crippen molar-refractivity contribution in [3.8, 4) is 0 Å². The van der Waals surface area contributed by atoms with Crippen LogP contribution < -0.4 is 5.73 Å². The molecular weight excluding hydrogens is 480 g/mol. The average molecular weight is 495 g/mol. The Morgan fingerprint density at radius 3 is 1.17 bits per heavy atom. The maximum atomic E-state index is 10.6. The second-order valence-electron chi connectivity index (χ2n) is 5.26. The standard InChI is InChI=1S/C8H4Cl2O2.C7H7NO2.C4H4Cl2O2/c9-7(11)5-1-2-6(4-3-5)8(10)12;8-6-3-1-5(2-4-6)7(9)10;5-3(7)1-2-4(6)8/h1-4H;1-4H,8H2,(H,9,10);1-2H2. The van der Waals surface area contributed by atoms with Gasteiger partial charge in [0.05, 0.1) is 5.56 Å². The van der Waals surface area contributed by atoms with Crippen molar-refractivity contribution in [1.29, 1.82) is 0 Å². The van der Waals surface area contributed by atoms with Gasteiger partial charge in [0.25, 0.3) is 10.5 Å². The monoisotopic (exact) mass is 493 g/mol. The van der Waals surface area contributed by atoms with E-state index in [9.17, 15) is 24.0 Å². The second kappa shape index (κ2) is 14.5. The quantitative estimate of drug-likeness (QED) is 0.439. The third-order valence-corrected chi connectivity index (χ3v) is 3.83. The van der Waals surface area contributed by atoms with Gasteiger partial charge in [0.15, 0.2) is 0 Å². The van der Waals surface area contributed by atoms with Gasteiger partial charge in [-0.05, 0) is 94.9 Å².